The number of phenolic OH excluding ortho intramolecular Hbond substituents is 1. The molecule has 1 aliphatic carbocycles. The van der Waals surface area contributed by atoms with Crippen molar-refractivity contribution in [2.45, 2.75) is 109 Å². The van der Waals surface area contributed by atoms with Crippen LogP contribution in [0.25, 0.3) is 0 Å². The molecule has 0 amide bonds. The molecule has 1 N–H and O–H groups in total. The SMILES string of the molecule is CCCCCCCCCCCCC1CCC(c2ccc(O)cc2)CC1. The van der Waals surface area contributed by atoms with Gasteiger partial charge in [-0.05, 0) is 55.2 Å². The summed E-state index contributed by atoms with van der Waals surface area (Å²) in [4.78, 5) is 0. The Bertz CT molecular complexity index is 428. The summed E-state index contributed by atoms with van der Waals surface area (Å²) in [5.41, 5.74) is 1.43. The van der Waals surface area contributed by atoms with Crippen LogP contribution in [0.1, 0.15) is 115 Å². The number of phenols is 1. The van der Waals surface area contributed by atoms with Crippen molar-refractivity contribution in [1.82, 2.24) is 0 Å². The highest BCUT2D eigenvalue weighted by molar-refractivity contribution is 5.28. The van der Waals surface area contributed by atoms with Gasteiger partial charge in [-0.2, -0.15) is 0 Å². The van der Waals surface area contributed by atoms with Crippen LogP contribution < -0.4 is 0 Å². The molecule has 1 fully saturated rings. The Hall–Kier alpha value is -0.980. The van der Waals surface area contributed by atoms with Crippen molar-refractivity contribution >= 4 is 0 Å². The second-order valence-corrected chi connectivity index (χ2v) is 8.28. The Balaban J connectivity index is 1.45. The molecule has 142 valence electrons. The van der Waals surface area contributed by atoms with Gasteiger partial charge in [-0.3, -0.25) is 0 Å². The molecule has 0 spiro atoms. The first-order valence-electron chi connectivity index (χ1n) is 11.1. The van der Waals surface area contributed by atoms with Gasteiger partial charge >= 0.3 is 0 Å². The van der Waals surface area contributed by atoms with Crippen LogP contribution >= 0.6 is 0 Å². The molecule has 0 unspecified atom stereocenters. The van der Waals surface area contributed by atoms with Gasteiger partial charge in [0.25, 0.3) is 0 Å². The molecule has 25 heavy (non-hydrogen) atoms. The first-order valence-corrected chi connectivity index (χ1v) is 11.1. The zero-order chi connectivity index (χ0) is 17.7. The third kappa shape index (κ3) is 8.29. The molecular formula is C24H40O. The van der Waals surface area contributed by atoms with Crippen molar-refractivity contribution in [2.75, 3.05) is 0 Å². The highest BCUT2D eigenvalue weighted by atomic mass is 16.3. The largest absolute Gasteiger partial charge is 0.508 e. The van der Waals surface area contributed by atoms with E-state index in [-0.39, 0.29) is 0 Å². The molecule has 0 saturated heterocycles. The molecule has 0 bridgehead atoms. The van der Waals surface area contributed by atoms with E-state index in [1.807, 2.05) is 12.1 Å². The van der Waals surface area contributed by atoms with Crippen LogP contribution in [-0.2, 0) is 0 Å². The van der Waals surface area contributed by atoms with Gasteiger partial charge in [-0.1, -0.05) is 89.7 Å². The van der Waals surface area contributed by atoms with Gasteiger partial charge < -0.3 is 5.11 Å². The quantitative estimate of drug-likeness (QED) is 0.381. The lowest BCUT2D eigenvalue weighted by Gasteiger charge is -2.29. The lowest BCUT2D eigenvalue weighted by Crippen LogP contribution is -2.13. The van der Waals surface area contributed by atoms with Crippen LogP contribution in [0, 0.1) is 5.92 Å². The summed E-state index contributed by atoms with van der Waals surface area (Å²) < 4.78 is 0. The van der Waals surface area contributed by atoms with E-state index >= 15 is 0 Å². The van der Waals surface area contributed by atoms with E-state index in [9.17, 15) is 5.11 Å². The van der Waals surface area contributed by atoms with Crippen molar-refractivity contribution in [3.8, 4) is 5.75 Å². The van der Waals surface area contributed by atoms with Gasteiger partial charge in [0.15, 0.2) is 0 Å². The molecule has 1 nitrogen and oxygen atoms in total. The third-order valence-corrected chi connectivity index (χ3v) is 6.18. The first kappa shape index (κ1) is 20.3. The van der Waals surface area contributed by atoms with E-state index in [0.717, 1.165) is 11.8 Å². The lowest BCUT2D eigenvalue weighted by molar-refractivity contribution is 0.301. The minimum absolute atomic E-state index is 0.387. The number of hydrogen-bond donors (Lipinski definition) is 1. The molecule has 1 aliphatic rings. The number of unbranched alkanes of at least 4 members (excludes halogenated alkanes) is 9. The maximum absolute atomic E-state index is 9.42. The standard InChI is InChI=1S/C24H40O/c1-2-3-4-5-6-7-8-9-10-11-12-21-13-15-22(16-14-21)23-17-19-24(25)20-18-23/h17-22,25H,2-16H2,1H3. The summed E-state index contributed by atoms with van der Waals surface area (Å²) in [5.74, 6) is 2.09. The minimum atomic E-state index is 0.387. The summed E-state index contributed by atoms with van der Waals surface area (Å²) in [7, 11) is 0. The Labute approximate surface area is 156 Å². The summed E-state index contributed by atoms with van der Waals surface area (Å²) >= 11 is 0. The zero-order valence-corrected chi connectivity index (χ0v) is 16.5. The van der Waals surface area contributed by atoms with Gasteiger partial charge in [0.1, 0.15) is 5.75 Å². The highest BCUT2D eigenvalue weighted by Gasteiger charge is 2.21. The molecule has 2 rings (SSSR count). The predicted octanol–water partition coefficient (Wildman–Crippen LogP) is 7.98. The molecular weight excluding hydrogens is 304 g/mol. The normalized spacial score (nSPS) is 20.7. The molecule has 0 aliphatic heterocycles. The fourth-order valence-electron chi connectivity index (χ4n) is 4.45. The summed E-state index contributed by atoms with van der Waals surface area (Å²) in [6.07, 6.45) is 21.4. The smallest absolute Gasteiger partial charge is 0.115 e. The fourth-order valence-corrected chi connectivity index (χ4v) is 4.45. The third-order valence-electron chi connectivity index (χ3n) is 6.18. The number of aromatic hydroxyl groups is 1. The zero-order valence-electron chi connectivity index (χ0n) is 16.5. The molecule has 0 aromatic heterocycles. The van der Waals surface area contributed by atoms with Crippen LogP contribution in [-0.4, -0.2) is 5.11 Å². The van der Waals surface area contributed by atoms with Crippen LogP contribution in [0.5, 0.6) is 5.75 Å². The number of benzene rings is 1. The molecule has 1 saturated carbocycles. The minimum Gasteiger partial charge on any atom is -0.508 e. The second kappa shape index (κ2) is 12.4. The van der Waals surface area contributed by atoms with Gasteiger partial charge in [0.2, 0.25) is 0 Å². The van der Waals surface area contributed by atoms with Crippen LogP contribution in [0.4, 0.5) is 0 Å². The second-order valence-electron chi connectivity index (χ2n) is 8.28. The van der Waals surface area contributed by atoms with E-state index in [4.69, 9.17) is 0 Å². The average molecular weight is 345 g/mol. The molecule has 0 heterocycles. The van der Waals surface area contributed by atoms with Crippen molar-refractivity contribution < 1.29 is 5.11 Å². The van der Waals surface area contributed by atoms with E-state index in [0.29, 0.717) is 5.75 Å². The van der Waals surface area contributed by atoms with Gasteiger partial charge in [0.05, 0.1) is 0 Å². The number of rotatable bonds is 12. The molecule has 1 aromatic carbocycles. The van der Waals surface area contributed by atoms with E-state index in [1.54, 1.807) is 0 Å². The van der Waals surface area contributed by atoms with Crippen molar-refractivity contribution in [1.29, 1.82) is 0 Å². The van der Waals surface area contributed by atoms with Crippen molar-refractivity contribution in [2.24, 2.45) is 5.92 Å². The van der Waals surface area contributed by atoms with Gasteiger partial charge in [0, 0.05) is 0 Å². The predicted molar refractivity (Wildman–Crippen MR) is 109 cm³/mol. The molecule has 0 radical (unpaired) electrons. The molecule has 0 atom stereocenters. The topological polar surface area (TPSA) is 20.2 Å². The Morgan fingerprint density at radius 2 is 1.24 bits per heavy atom. The molecule has 1 aromatic rings. The lowest BCUT2D eigenvalue weighted by atomic mass is 9.77. The Morgan fingerprint density at radius 3 is 1.80 bits per heavy atom. The van der Waals surface area contributed by atoms with Gasteiger partial charge in [-0.15, -0.1) is 0 Å². The monoisotopic (exact) mass is 344 g/mol. The van der Waals surface area contributed by atoms with E-state index < -0.39 is 0 Å². The maximum Gasteiger partial charge on any atom is 0.115 e. The van der Waals surface area contributed by atoms with Crippen LogP contribution in [0.2, 0.25) is 0 Å². The van der Waals surface area contributed by atoms with E-state index in [1.165, 1.54) is 102 Å². The van der Waals surface area contributed by atoms with Crippen LogP contribution in [0.15, 0.2) is 24.3 Å². The number of hydrogen-bond acceptors (Lipinski definition) is 1. The maximum atomic E-state index is 9.42. The molecule has 1 heteroatoms. The Kier molecular flexibility index (Phi) is 10.1. The average Bonchev–Trinajstić information content (AvgIpc) is 2.64. The fraction of sp³-hybridized carbons (Fsp3) is 0.750. The summed E-state index contributed by atoms with van der Waals surface area (Å²) in [5, 5.41) is 9.42. The summed E-state index contributed by atoms with van der Waals surface area (Å²) in [6.45, 7) is 2.29. The van der Waals surface area contributed by atoms with Crippen molar-refractivity contribution in [3.63, 3.8) is 0 Å². The van der Waals surface area contributed by atoms with Crippen molar-refractivity contribution in [3.05, 3.63) is 29.8 Å². The highest BCUT2D eigenvalue weighted by Crippen LogP contribution is 2.38. The van der Waals surface area contributed by atoms with Crippen LogP contribution in [0.3, 0.4) is 0 Å². The Morgan fingerprint density at radius 1 is 0.720 bits per heavy atom. The van der Waals surface area contributed by atoms with Gasteiger partial charge in [-0.25, -0.2) is 0 Å². The summed E-state index contributed by atoms with van der Waals surface area (Å²) in [6, 6.07) is 7.90. The first-order chi connectivity index (χ1) is 12.3. The van der Waals surface area contributed by atoms with E-state index in [2.05, 4.69) is 19.1 Å².